The van der Waals surface area contributed by atoms with Crippen molar-refractivity contribution < 1.29 is 0 Å². The van der Waals surface area contributed by atoms with E-state index in [1.807, 2.05) is 12.1 Å². The Hall–Kier alpha value is -6.16. The first-order valence-electron chi connectivity index (χ1n) is 17.7. The lowest BCUT2D eigenvalue weighted by molar-refractivity contribution is 0.594. The average Bonchev–Trinajstić information content (AvgIpc) is 3.45. The fourth-order valence-electron chi connectivity index (χ4n) is 9.52. The number of hydrogen-bond donors (Lipinski definition) is 0. The smallest absolute Gasteiger partial charge is 0.0991 e. The Balaban J connectivity index is 1.41. The van der Waals surface area contributed by atoms with Crippen molar-refractivity contribution in [3.8, 4) is 40.1 Å². The number of aryl methyl sites for hydroxylation is 2. The molecule has 3 heterocycles. The third-order valence-corrected chi connectivity index (χ3v) is 12.0. The minimum absolute atomic E-state index is 0.399. The topological polar surface area (TPSA) is 52.5 Å². The lowest BCUT2D eigenvalue weighted by Crippen LogP contribution is -2.33. The first kappa shape index (κ1) is 29.7. The van der Waals surface area contributed by atoms with E-state index in [9.17, 15) is 10.5 Å². The van der Waals surface area contributed by atoms with E-state index in [1.54, 1.807) is 0 Å². The molecule has 10 rings (SSSR count). The van der Waals surface area contributed by atoms with E-state index in [0.717, 1.165) is 32.9 Å². The average molecular weight is 654 g/mol. The highest BCUT2D eigenvalue weighted by Gasteiger charge is 2.44. The first-order chi connectivity index (χ1) is 24.5. The molecule has 0 saturated carbocycles. The van der Waals surface area contributed by atoms with Gasteiger partial charge in [0.05, 0.1) is 40.0 Å². The Morgan fingerprint density at radius 2 is 0.941 bits per heavy atom. The predicted octanol–water partition coefficient (Wildman–Crippen LogP) is 12.1. The van der Waals surface area contributed by atoms with Crippen molar-refractivity contribution in [1.82, 2.24) is 4.57 Å². The minimum Gasteiger partial charge on any atom is -0.308 e. The van der Waals surface area contributed by atoms with Gasteiger partial charge in [-0.05, 0) is 116 Å². The van der Waals surface area contributed by atoms with E-state index in [2.05, 4.69) is 149 Å². The molecule has 0 amide bonds. The van der Waals surface area contributed by atoms with Crippen LogP contribution in [-0.4, -0.2) is 4.57 Å². The summed E-state index contributed by atoms with van der Waals surface area (Å²) >= 11 is 0. The predicted molar refractivity (Wildman–Crippen MR) is 210 cm³/mol. The fourth-order valence-corrected chi connectivity index (χ4v) is 9.52. The SMILES string of the molecule is Cc1ccc2c(-c3cc4c5c(c3)C(C)(C)c3cc(C#N)cc6c7cc(C#N)cc(c7n-5c36)C4(C)C)c3cc(C)ccc3c(-c3ccccc3)c2c1. The third-order valence-electron chi connectivity index (χ3n) is 12.0. The van der Waals surface area contributed by atoms with Crippen molar-refractivity contribution in [3.05, 3.63) is 148 Å². The molecule has 0 bridgehead atoms. The maximum Gasteiger partial charge on any atom is 0.0991 e. The van der Waals surface area contributed by atoms with Gasteiger partial charge in [0.1, 0.15) is 0 Å². The zero-order valence-electron chi connectivity index (χ0n) is 29.7. The number of fused-ring (bicyclic) bond motifs is 3. The van der Waals surface area contributed by atoms with Crippen LogP contribution in [0.4, 0.5) is 0 Å². The lowest BCUT2D eigenvalue weighted by atomic mass is 9.67. The molecule has 0 unspecified atom stereocenters. The van der Waals surface area contributed by atoms with Crippen molar-refractivity contribution in [2.75, 3.05) is 0 Å². The molecule has 242 valence electrons. The molecule has 3 heteroatoms. The molecular formula is C48H35N3. The van der Waals surface area contributed by atoms with Gasteiger partial charge in [-0.15, -0.1) is 0 Å². The summed E-state index contributed by atoms with van der Waals surface area (Å²) < 4.78 is 2.46. The number of aromatic nitrogens is 1. The first-order valence-corrected chi connectivity index (χ1v) is 17.7. The van der Waals surface area contributed by atoms with Crippen LogP contribution in [0.2, 0.25) is 0 Å². The molecule has 0 N–H and O–H groups in total. The summed E-state index contributed by atoms with van der Waals surface area (Å²) in [6, 6.07) is 42.6. The Bertz CT molecular complexity index is 2880. The zero-order chi connectivity index (χ0) is 35.1. The van der Waals surface area contributed by atoms with Gasteiger partial charge in [-0.25, -0.2) is 0 Å². The lowest BCUT2D eigenvalue weighted by Gasteiger charge is -2.42. The summed E-state index contributed by atoms with van der Waals surface area (Å²) in [5.74, 6) is 0. The van der Waals surface area contributed by atoms with Gasteiger partial charge in [0, 0.05) is 21.6 Å². The second-order valence-electron chi connectivity index (χ2n) is 15.8. The molecule has 2 aliphatic heterocycles. The van der Waals surface area contributed by atoms with E-state index in [0.29, 0.717) is 11.1 Å². The highest BCUT2D eigenvalue weighted by molar-refractivity contribution is 6.22. The van der Waals surface area contributed by atoms with Gasteiger partial charge in [-0.2, -0.15) is 10.5 Å². The van der Waals surface area contributed by atoms with Crippen molar-refractivity contribution in [2.45, 2.75) is 52.4 Å². The van der Waals surface area contributed by atoms with Crippen molar-refractivity contribution >= 4 is 43.4 Å². The van der Waals surface area contributed by atoms with Crippen molar-refractivity contribution in [3.63, 3.8) is 0 Å². The van der Waals surface area contributed by atoms with Crippen LogP contribution in [0.1, 0.15) is 72.2 Å². The van der Waals surface area contributed by atoms with Crippen LogP contribution >= 0.6 is 0 Å². The Morgan fingerprint density at radius 1 is 0.471 bits per heavy atom. The third kappa shape index (κ3) is 3.71. The summed E-state index contributed by atoms with van der Waals surface area (Å²) in [7, 11) is 0. The summed E-state index contributed by atoms with van der Waals surface area (Å²) in [5.41, 5.74) is 16.2. The van der Waals surface area contributed by atoms with Gasteiger partial charge >= 0.3 is 0 Å². The van der Waals surface area contributed by atoms with Crippen LogP contribution in [-0.2, 0) is 10.8 Å². The van der Waals surface area contributed by atoms with Crippen LogP contribution in [0.15, 0.2) is 103 Å². The molecule has 0 aliphatic carbocycles. The molecular weight excluding hydrogens is 619 g/mol. The fraction of sp³-hybridized carbons (Fsp3) is 0.167. The monoisotopic (exact) mass is 653 g/mol. The summed E-state index contributed by atoms with van der Waals surface area (Å²) in [6.07, 6.45) is 0. The van der Waals surface area contributed by atoms with E-state index in [1.165, 1.54) is 71.7 Å². The molecule has 1 aromatic heterocycles. The van der Waals surface area contributed by atoms with E-state index < -0.39 is 10.8 Å². The summed E-state index contributed by atoms with van der Waals surface area (Å²) in [4.78, 5) is 0. The van der Waals surface area contributed by atoms with E-state index >= 15 is 0 Å². The Morgan fingerprint density at radius 3 is 1.41 bits per heavy atom. The number of rotatable bonds is 2. The van der Waals surface area contributed by atoms with E-state index in [4.69, 9.17) is 0 Å². The van der Waals surface area contributed by atoms with Gasteiger partial charge in [0.2, 0.25) is 0 Å². The van der Waals surface area contributed by atoms with Gasteiger partial charge in [0.15, 0.2) is 0 Å². The van der Waals surface area contributed by atoms with Gasteiger partial charge in [0.25, 0.3) is 0 Å². The molecule has 51 heavy (non-hydrogen) atoms. The minimum atomic E-state index is -0.399. The zero-order valence-corrected chi connectivity index (χ0v) is 29.7. The second-order valence-corrected chi connectivity index (χ2v) is 15.8. The van der Waals surface area contributed by atoms with Crippen LogP contribution < -0.4 is 0 Å². The van der Waals surface area contributed by atoms with Crippen LogP contribution in [0, 0.1) is 36.5 Å². The number of nitrogens with zero attached hydrogens (tertiary/aromatic N) is 3. The molecule has 3 nitrogen and oxygen atoms in total. The standard InChI is InChI=1S/C48H35N3/c1-26-13-15-33-34(16-26)42(30-10-8-7-9-11-30)32-14-12-27(2)17-35(32)43(33)31-22-40-46-41(23-31)48(5,6)39-21-29(25-50)19-37-36-18-28(24-49)20-38(47(40,3)4)44(36)51(46)45(37)39/h7-23H,1-6H3. The summed E-state index contributed by atoms with van der Waals surface area (Å²) in [5, 5.41) is 27.6. The quantitative estimate of drug-likeness (QED) is 0.174. The van der Waals surface area contributed by atoms with Crippen molar-refractivity contribution in [2.24, 2.45) is 0 Å². The molecule has 0 fully saturated rings. The van der Waals surface area contributed by atoms with Gasteiger partial charge in [-0.1, -0.05) is 106 Å². The van der Waals surface area contributed by atoms with Crippen LogP contribution in [0.3, 0.4) is 0 Å². The maximum absolute atomic E-state index is 10.3. The highest BCUT2D eigenvalue weighted by Crippen LogP contribution is 2.57. The Kier molecular flexibility index (Phi) is 5.68. The maximum atomic E-state index is 10.3. The Labute approximate surface area is 297 Å². The van der Waals surface area contributed by atoms with Crippen LogP contribution in [0.5, 0.6) is 0 Å². The van der Waals surface area contributed by atoms with E-state index in [-0.39, 0.29) is 0 Å². The molecule has 0 radical (unpaired) electrons. The van der Waals surface area contributed by atoms with Crippen molar-refractivity contribution in [1.29, 1.82) is 10.5 Å². The number of benzene rings is 7. The molecule has 0 spiro atoms. The molecule has 0 saturated heterocycles. The van der Waals surface area contributed by atoms with Gasteiger partial charge in [-0.3, -0.25) is 0 Å². The highest BCUT2D eigenvalue weighted by atomic mass is 15.0. The second kappa shape index (κ2) is 9.75. The van der Waals surface area contributed by atoms with Gasteiger partial charge < -0.3 is 4.57 Å². The molecule has 8 aromatic rings. The number of nitriles is 2. The normalized spacial score (nSPS) is 14.7. The largest absolute Gasteiger partial charge is 0.308 e. The summed E-state index contributed by atoms with van der Waals surface area (Å²) in [6.45, 7) is 13.6. The number of hydrogen-bond acceptors (Lipinski definition) is 2. The molecule has 0 atom stereocenters. The molecule has 2 aliphatic rings. The van der Waals surface area contributed by atoms with Crippen LogP contribution in [0.25, 0.3) is 71.3 Å². The molecule has 7 aromatic carbocycles.